The molecule has 0 bridgehead atoms. The summed E-state index contributed by atoms with van der Waals surface area (Å²) in [6, 6.07) is -0.506. The van der Waals surface area contributed by atoms with Crippen LogP contribution in [-0.4, -0.2) is 81.1 Å². The van der Waals surface area contributed by atoms with E-state index in [0.717, 1.165) is 0 Å². The summed E-state index contributed by atoms with van der Waals surface area (Å²) in [7, 11) is 0. The van der Waals surface area contributed by atoms with Gasteiger partial charge in [0.25, 0.3) is 0 Å². The highest BCUT2D eigenvalue weighted by Gasteiger charge is 2.45. The Balaban J connectivity index is 2.02. The van der Waals surface area contributed by atoms with Crippen molar-refractivity contribution in [1.29, 1.82) is 0 Å². The van der Waals surface area contributed by atoms with E-state index in [1.165, 1.54) is 0 Å². The second-order valence-electron chi connectivity index (χ2n) is 6.05. The molecule has 0 spiro atoms. The van der Waals surface area contributed by atoms with Crippen LogP contribution in [-0.2, 0) is 9.47 Å². The number of ether oxygens (including phenoxy) is 2. The summed E-state index contributed by atoms with van der Waals surface area (Å²) in [6.07, 6.45) is -6.63. The first-order chi connectivity index (χ1) is 9.85. The molecule has 9 unspecified atom stereocenters. The molecular formula is C13H25NO7. The molecule has 2 aliphatic rings. The third-order valence-corrected chi connectivity index (χ3v) is 4.34. The zero-order valence-electron chi connectivity index (χ0n) is 11.9. The maximum absolute atomic E-state index is 10.1. The highest BCUT2D eigenvalue weighted by Crippen LogP contribution is 2.30. The molecule has 1 aliphatic heterocycles. The van der Waals surface area contributed by atoms with Gasteiger partial charge >= 0.3 is 0 Å². The zero-order valence-corrected chi connectivity index (χ0v) is 11.9. The summed E-state index contributed by atoms with van der Waals surface area (Å²) < 4.78 is 10.8. The standard InChI is InChI=1S/C13H25NO7/c1-5-2-6(14)12(11(19)10(5)18)21-13-8(17)3-7(16)9(4-15)20-13/h5-13,15-19H,2-4,14H2,1H3. The summed E-state index contributed by atoms with van der Waals surface area (Å²) in [5.74, 6) is -0.154. The van der Waals surface area contributed by atoms with Gasteiger partial charge in [-0.15, -0.1) is 0 Å². The van der Waals surface area contributed by atoms with Crippen molar-refractivity contribution in [1.82, 2.24) is 0 Å². The molecule has 8 heteroatoms. The van der Waals surface area contributed by atoms with Gasteiger partial charge in [0.2, 0.25) is 0 Å². The van der Waals surface area contributed by atoms with Gasteiger partial charge in [0.1, 0.15) is 24.4 Å². The average Bonchev–Trinajstić information content (AvgIpc) is 2.43. The number of hydrogen-bond donors (Lipinski definition) is 6. The van der Waals surface area contributed by atoms with Crippen LogP contribution in [0.5, 0.6) is 0 Å². The van der Waals surface area contributed by atoms with Crippen LogP contribution in [0.1, 0.15) is 19.8 Å². The molecule has 0 aromatic carbocycles. The lowest BCUT2D eigenvalue weighted by Crippen LogP contribution is -2.60. The van der Waals surface area contributed by atoms with Crippen molar-refractivity contribution in [2.75, 3.05) is 6.61 Å². The molecule has 21 heavy (non-hydrogen) atoms. The van der Waals surface area contributed by atoms with Crippen LogP contribution in [0.3, 0.4) is 0 Å². The van der Waals surface area contributed by atoms with Gasteiger partial charge in [-0.1, -0.05) is 6.92 Å². The van der Waals surface area contributed by atoms with E-state index < -0.39 is 55.6 Å². The summed E-state index contributed by atoms with van der Waals surface area (Å²) in [5.41, 5.74) is 5.95. The fraction of sp³-hybridized carbons (Fsp3) is 1.00. The molecule has 1 heterocycles. The van der Waals surface area contributed by atoms with E-state index in [1.807, 2.05) is 0 Å². The Bertz CT molecular complexity index is 344. The Kier molecular flexibility index (Phi) is 5.55. The van der Waals surface area contributed by atoms with Crippen molar-refractivity contribution in [3.63, 3.8) is 0 Å². The highest BCUT2D eigenvalue weighted by atomic mass is 16.7. The minimum absolute atomic E-state index is 0.00704. The van der Waals surface area contributed by atoms with Crippen molar-refractivity contribution in [3.8, 4) is 0 Å². The van der Waals surface area contributed by atoms with Gasteiger partial charge in [0.15, 0.2) is 6.29 Å². The highest BCUT2D eigenvalue weighted by molar-refractivity contribution is 4.95. The van der Waals surface area contributed by atoms with E-state index in [9.17, 15) is 20.4 Å². The van der Waals surface area contributed by atoms with Gasteiger partial charge in [-0.2, -0.15) is 0 Å². The fourth-order valence-electron chi connectivity index (χ4n) is 2.97. The predicted octanol–water partition coefficient (Wildman–Crippen LogP) is -2.71. The lowest BCUT2D eigenvalue weighted by molar-refractivity contribution is -0.301. The smallest absolute Gasteiger partial charge is 0.184 e. The Labute approximate surface area is 123 Å². The Morgan fingerprint density at radius 3 is 2.38 bits per heavy atom. The topological polar surface area (TPSA) is 146 Å². The van der Waals surface area contributed by atoms with Gasteiger partial charge in [-0.3, -0.25) is 0 Å². The minimum Gasteiger partial charge on any atom is -0.394 e. The van der Waals surface area contributed by atoms with Crippen LogP contribution in [0.4, 0.5) is 0 Å². The largest absolute Gasteiger partial charge is 0.394 e. The summed E-state index contributed by atoms with van der Waals surface area (Å²) >= 11 is 0. The molecule has 9 atom stereocenters. The number of aliphatic hydroxyl groups excluding tert-OH is 5. The predicted molar refractivity (Wildman–Crippen MR) is 71.0 cm³/mol. The molecule has 0 aromatic heterocycles. The molecule has 0 amide bonds. The van der Waals surface area contributed by atoms with Gasteiger partial charge < -0.3 is 40.7 Å². The summed E-state index contributed by atoms with van der Waals surface area (Å²) in [5, 5.41) is 48.6. The van der Waals surface area contributed by atoms with Gasteiger partial charge in [-0.05, 0) is 12.3 Å². The van der Waals surface area contributed by atoms with Crippen LogP contribution >= 0.6 is 0 Å². The van der Waals surface area contributed by atoms with Crippen LogP contribution in [0.2, 0.25) is 0 Å². The number of rotatable bonds is 3. The number of nitrogens with two attached hydrogens (primary N) is 1. The molecule has 1 saturated carbocycles. The van der Waals surface area contributed by atoms with E-state index in [2.05, 4.69) is 0 Å². The third kappa shape index (κ3) is 3.54. The quantitative estimate of drug-likeness (QED) is 0.330. The molecule has 1 aliphatic carbocycles. The SMILES string of the molecule is CC1CC(N)C(OC2OC(CO)C(O)CC2O)C(O)C1O. The Hall–Kier alpha value is -0.320. The van der Waals surface area contributed by atoms with E-state index >= 15 is 0 Å². The lowest BCUT2D eigenvalue weighted by Gasteiger charge is -2.44. The van der Waals surface area contributed by atoms with Crippen molar-refractivity contribution >= 4 is 0 Å². The second-order valence-corrected chi connectivity index (χ2v) is 6.05. The first-order valence-corrected chi connectivity index (χ1v) is 7.24. The van der Waals surface area contributed by atoms with Crippen LogP contribution < -0.4 is 5.73 Å². The van der Waals surface area contributed by atoms with Crippen LogP contribution in [0.15, 0.2) is 0 Å². The molecule has 2 fully saturated rings. The van der Waals surface area contributed by atoms with E-state index in [-0.39, 0.29) is 12.3 Å². The normalized spacial score (nSPS) is 51.9. The Morgan fingerprint density at radius 1 is 1.10 bits per heavy atom. The first kappa shape index (κ1) is 17.0. The van der Waals surface area contributed by atoms with E-state index in [1.54, 1.807) is 6.92 Å². The second kappa shape index (κ2) is 6.84. The minimum atomic E-state index is -1.18. The third-order valence-electron chi connectivity index (χ3n) is 4.34. The van der Waals surface area contributed by atoms with E-state index in [0.29, 0.717) is 6.42 Å². The van der Waals surface area contributed by atoms with Crippen molar-refractivity contribution in [2.45, 2.75) is 68.7 Å². The van der Waals surface area contributed by atoms with Crippen LogP contribution in [0, 0.1) is 5.92 Å². The monoisotopic (exact) mass is 307 g/mol. The number of aliphatic hydroxyl groups is 5. The van der Waals surface area contributed by atoms with Crippen molar-refractivity contribution in [2.24, 2.45) is 11.7 Å². The summed E-state index contributed by atoms with van der Waals surface area (Å²) in [6.45, 7) is 1.38. The van der Waals surface area contributed by atoms with Gasteiger partial charge in [-0.25, -0.2) is 0 Å². The zero-order chi connectivity index (χ0) is 15.7. The molecule has 0 radical (unpaired) electrons. The first-order valence-electron chi connectivity index (χ1n) is 7.24. The molecule has 8 nitrogen and oxygen atoms in total. The van der Waals surface area contributed by atoms with Gasteiger partial charge in [0, 0.05) is 12.5 Å². The average molecular weight is 307 g/mol. The maximum atomic E-state index is 10.1. The van der Waals surface area contributed by atoms with Crippen LogP contribution in [0.25, 0.3) is 0 Å². The fourth-order valence-corrected chi connectivity index (χ4v) is 2.97. The molecule has 7 N–H and O–H groups in total. The van der Waals surface area contributed by atoms with Crippen molar-refractivity contribution < 1.29 is 35.0 Å². The van der Waals surface area contributed by atoms with Crippen molar-refractivity contribution in [3.05, 3.63) is 0 Å². The molecule has 1 saturated heterocycles. The van der Waals surface area contributed by atoms with E-state index in [4.69, 9.17) is 20.3 Å². The lowest BCUT2D eigenvalue weighted by atomic mass is 9.81. The molecule has 124 valence electrons. The molecule has 2 rings (SSSR count). The maximum Gasteiger partial charge on any atom is 0.184 e. The Morgan fingerprint density at radius 2 is 1.76 bits per heavy atom. The molecule has 0 aromatic rings. The van der Waals surface area contributed by atoms with Gasteiger partial charge in [0.05, 0.1) is 18.8 Å². The molecular weight excluding hydrogens is 282 g/mol. The summed E-state index contributed by atoms with van der Waals surface area (Å²) in [4.78, 5) is 0. The number of hydrogen-bond acceptors (Lipinski definition) is 8.